The van der Waals surface area contributed by atoms with Crippen LogP contribution in [0.4, 0.5) is 18.4 Å². The van der Waals surface area contributed by atoms with Crippen LogP contribution in [0.3, 0.4) is 0 Å². The van der Waals surface area contributed by atoms with Crippen LogP contribution < -0.4 is 15.4 Å². The molecule has 4 amide bonds. The number of carbonyl (C=O) groups excluding carboxylic acids is 4. The van der Waals surface area contributed by atoms with Crippen molar-refractivity contribution in [1.29, 1.82) is 0 Å². The number of aliphatic imine (C=N–C) groups is 2. The molecule has 2 saturated carbocycles. The van der Waals surface area contributed by atoms with Gasteiger partial charge in [-0.05, 0) is 117 Å². The number of ether oxygens (including phenoxy) is 3. The quantitative estimate of drug-likeness (QED) is 0.142. The van der Waals surface area contributed by atoms with E-state index in [9.17, 15) is 19.2 Å². The van der Waals surface area contributed by atoms with Crippen molar-refractivity contribution in [3.8, 4) is 17.0 Å². The number of thiazole rings is 1. The van der Waals surface area contributed by atoms with E-state index in [1.807, 2.05) is 50.5 Å². The summed E-state index contributed by atoms with van der Waals surface area (Å²) in [6.07, 6.45) is 9.51. The number of halogens is 2. The Labute approximate surface area is 408 Å². The summed E-state index contributed by atoms with van der Waals surface area (Å²) in [5.41, 5.74) is 4.81. The fraction of sp³-hybridized carbons (Fsp3) is 0.481. The van der Waals surface area contributed by atoms with Crippen molar-refractivity contribution in [2.45, 2.75) is 127 Å². The molecule has 70 heavy (non-hydrogen) atoms. The number of fused-ring (bicyclic) bond motifs is 6. The number of amides is 4. The Morgan fingerprint density at radius 1 is 0.886 bits per heavy atom. The maximum absolute atomic E-state index is 17.0. The minimum atomic E-state index is -2.04. The largest absolute Gasteiger partial charge is 0.464 e. The normalized spacial score (nSPS) is 24.2. The molecule has 0 bridgehead atoms. The Morgan fingerprint density at radius 2 is 1.60 bits per heavy atom. The van der Waals surface area contributed by atoms with Crippen molar-refractivity contribution in [2.24, 2.45) is 21.8 Å². The van der Waals surface area contributed by atoms with Crippen LogP contribution in [-0.2, 0) is 19.1 Å². The average Bonchev–Trinajstić information content (AvgIpc) is 3.81. The van der Waals surface area contributed by atoms with Crippen LogP contribution in [0.1, 0.15) is 112 Å². The molecule has 7 atom stereocenters. The van der Waals surface area contributed by atoms with Crippen LogP contribution in [0, 0.1) is 17.7 Å². The molecule has 366 valence electrons. The number of aromatic nitrogens is 2. The van der Waals surface area contributed by atoms with Gasteiger partial charge in [0.1, 0.15) is 29.3 Å². The summed E-state index contributed by atoms with van der Waals surface area (Å²) in [6, 6.07) is 8.80. The molecule has 2 aliphatic carbocycles. The number of nitrogens with zero attached hydrogens (tertiary/aromatic N) is 6. The molecule has 0 spiro atoms. The monoisotopic (exact) mass is 974 g/mol. The minimum absolute atomic E-state index is 0.0336. The maximum atomic E-state index is 17.0. The number of piperidine rings is 1. The third kappa shape index (κ3) is 8.14. The first-order valence-corrected chi connectivity index (χ1v) is 25.1. The molecule has 5 aliphatic heterocycles. The number of alkyl halides is 1. The molecule has 11 rings (SSSR count). The van der Waals surface area contributed by atoms with Gasteiger partial charge in [0, 0.05) is 66.8 Å². The van der Waals surface area contributed by atoms with Gasteiger partial charge in [-0.3, -0.25) is 24.1 Å². The van der Waals surface area contributed by atoms with Crippen molar-refractivity contribution < 1.29 is 42.2 Å². The molecule has 7 heterocycles. The standard InChI is InChI=1S/C52H56F2N8O7S/c1-25(2)44(58-50(65)67-5)47(63)60-13-7-8-37(60)34-17-32(23-55-34)28-15-33(53)43-40-20-29-14-27(11-12-36(29)62(40)49(69-41(43)21-28)42-24-57-46(70-42)26-9-10-26)31-16-35(56-22-31)39-19-30-18-38(30)61(39)48(64)45(52(3,4)54)59-51(66)68-6/h11-12,14-15,20-26,30,37-39,44-45,49H,7-10,13,16-19H2,1-6H3,(H,58,65)(H,59,66)/t30?,37-,38+,39-,44-,45?,49?/m0/s1. The lowest BCUT2D eigenvalue weighted by molar-refractivity contribution is -0.137. The van der Waals surface area contributed by atoms with Crippen molar-refractivity contribution >= 4 is 68.8 Å². The van der Waals surface area contributed by atoms with E-state index < -0.39 is 47.9 Å². The van der Waals surface area contributed by atoms with Gasteiger partial charge >= 0.3 is 12.2 Å². The fourth-order valence-electron chi connectivity index (χ4n) is 11.1. The van der Waals surface area contributed by atoms with Crippen LogP contribution in [-0.4, -0.2) is 111 Å². The first-order chi connectivity index (χ1) is 33.6. The predicted octanol–water partition coefficient (Wildman–Crippen LogP) is 8.93. The van der Waals surface area contributed by atoms with Gasteiger partial charge in [0.05, 0.1) is 53.0 Å². The van der Waals surface area contributed by atoms with Gasteiger partial charge in [-0.2, -0.15) is 0 Å². The van der Waals surface area contributed by atoms with Crippen LogP contribution in [0.2, 0.25) is 0 Å². The Bertz CT molecular complexity index is 2980. The van der Waals surface area contributed by atoms with E-state index in [1.54, 1.807) is 27.3 Å². The Kier molecular flexibility index (Phi) is 11.5. The van der Waals surface area contributed by atoms with E-state index in [1.165, 1.54) is 34.1 Å². The lowest BCUT2D eigenvalue weighted by Crippen LogP contribution is -2.59. The average molecular weight is 975 g/mol. The molecule has 2 aromatic carbocycles. The number of rotatable bonds is 12. The molecular formula is C52H56F2N8O7S. The number of benzene rings is 2. The zero-order valence-corrected chi connectivity index (χ0v) is 40.8. The molecule has 2 N–H and O–H groups in total. The number of methoxy groups -OCH3 is 2. The zero-order valence-electron chi connectivity index (χ0n) is 40.0. The zero-order chi connectivity index (χ0) is 48.9. The van der Waals surface area contributed by atoms with E-state index in [2.05, 4.69) is 21.3 Å². The predicted molar refractivity (Wildman–Crippen MR) is 261 cm³/mol. The van der Waals surface area contributed by atoms with Crippen molar-refractivity contribution in [3.63, 3.8) is 0 Å². The summed E-state index contributed by atoms with van der Waals surface area (Å²) in [5, 5.41) is 7.09. The third-order valence-corrected chi connectivity index (χ3v) is 16.2. The summed E-state index contributed by atoms with van der Waals surface area (Å²) < 4.78 is 50.9. The fourth-order valence-corrected chi connectivity index (χ4v) is 12.2. The number of likely N-dealkylation sites (tertiary alicyclic amines) is 2. The van der Waals surface area contributed by atoms with Gasteiger partial charge in [-0.1, -0.05) is 19.9 Å². The highest BCUT2D eigenvalue weighted by Gasteiger charge is 2.58. The first-order valence-electron chi connectivity index (χ1n) is 24.2. The number of nitrogens with one attached hydrogen (secondary N) is 2. The SMILES string of the molecule is COC(=O)NC(C(=O)N1[C@@H]2CC2C[C@H]1C1=NC=C(c2ccc3c(c2)cc2n3C(c3cnc(C4CC4)s3)Oc3cc(C4=CN=C([C@@H]5CCCN5C(=O)[C@@H](NC(=O)OC)C(C)C)C4)cc(F)c3-2)C1)C(C)(C)F. The molecule has 2 aromatic heterocycles. The second-order valence-electron chi connectivity index (χ2n) is 20.5. The number of allylic oxidation sites excluding steroid dienone is 2. The lowest BCUT2D eigenvalue weighted by Gasteiger charge is -2.35. The number of carbonyl (C=O) groups is 4. The van der Waals surface area contributed by atoms with Gasteiger partial charge in [-0.25, -0.2) is 23.4 Å². The van der Waals surface area contributed by atoms with Crippen LogP contribution >= 0.6 is 11.3 Å². The van der Waals surface area contributed by atoms with E-state index in [0.29, 0.717) is 53.8 Å². The summed E-state index contributed by atoms with van der Waals surface area (Å²) in [5.74, 6) is -0.130. The molecule has 0 radical (unpaired) electrons. The maximum Gasteiger partial charge on any atom is 0.407 e. The van der Waals surface area contributed by atoms with Crippen LogP contribution in [0.25, 0.3) is 33.3 Å². The summed E-state index contributed by atoms with van der Waals surface area (Å²) in [7, 11) is 2.45. The molecule has 4 fully saturated rings. The van der Waals surface area contributed by atoms with Crippen molar-refractivity contribution in [1.82, 2.24) is 30.0 Å². The van der Waals surface area contributed by atoms with E-state index >= 15 is 8.78 Å². The third-order valence-electron chi connectivity index (χ3n) is 15.0. The van der Waals surface area contributed by atoms with Crippen LogP contribution in [0.15, 0.2) is 65.0 Å². The number of hydrogen-bond acceptors (Lipinski definition) is 11. The minimum Gasteiger partial charge on any atom is -0.464 e. The smallest absolute Gasteiger partial charge is 0.407 e. The molecule has 15 nitrogen and oxygen atoms in total. The molecule has 3 unspecified atom stereocenters. The summed E-state index contributed by atoms with van der Waals surface area (Å²) in [4.78, 5) is 71.1. The van der Waals surface area contributed by atoms with Gasteiger partial charge in [0.25, 0.3) is 0 Å². The molecular weight excluding hydrogens is 919 g/mol. The molecule has 2 saturated heterocycles. The Balaban J connectivity index is 0.861. The first kappa shape index (κ1) is 46.0. The van der Waals surface area contributed by atoms with Gasteiger partial charge in [-0.15, -0.1) is 11.3 Å². The number of alkyl carbamates (subject to hydrolysis) is 2. The highest BCUT2D eigenvalue weighted by molar-refractivity contribution is 7.11. The summed E-state index contributed by atoms with van der Waals surface area (Å²) >= 11 is 1.62. The van der Waals surface area contributed by atoms with Gasteiger partial charge in [0.2, 0.25) is 18.0 Å². The van der Waals surface area contributed by atoms with E-state index in [0.717, 1.165) is 87.4 Å². The lowest BCUT2D eigenvalue weighted by atomic mass is 9.95. The summed E-state index contributed by atoms with van der Waals surface area (Å²) in [6.45, 7) is 6.86. The second kappa shape index (κ2) is 17.5. The highest BCUT2D eigenvalue weighted by atomic mass is 32.1. The molecule has 7 aliphatic rings. The van der Waals surface area contributed by atoms with E-state index in [-0.39, 0.29) is 30.0 Å². The Hall–Kier alpha value is -6.43. The van der Waals surface area contributed by atoms with Gasteiger partial charge in [0.15, 0.2) is 0 Å². The topological polar surface area (TPSA) is 169 Å². The van der Waals surface area contributed by atoms with Crippen molar-refractivity contribution in [3.05, 3.63) is 81.8 Å². The van der Waals surface area contributed by atoms with Crippen molar-refractivity contribution in [2.75, 3.05) is 20.8 Å². The molecule has 4 aromatic rings. The molecule has 18 heteroatoms. The van der Waals surface area contributed by atoms with Crippen LogP contribution in [0.5, 0.6) is 5.75 Å². The second-order valence-corrected chi connectivity index (χ2v) is 21.6. The van der Waals surface area contributed by atoms with Gasteiger partial charge < -0.3 is 34.6 Å². The highest BCUT2D eigenvalue weighted by Crippen LogP contribution is 2.52. The number of hydrogen-bond donors (Lipinski definition) is 2. The Morgan fingerprint density at radius 3 is 2.30 bits per heavy atom. The van der Waals surface area contributed by atoms with E-state index in [4.69, 9.17) is 29.2 Å².